The van der Waals surface area contributed by atoms with Crippen molar-refractivity contribution >= 4 is 17.3 Å². The standard InChI is InChI=1S/C12H12F3N3O3/c13-12(14,15)9-5-8(3-4-10(9)18(20)21)16-6-11(19)17-7-1-2-7/h3-5,7,16H,1-2,6H2,(H,17,19). The van der Waals surface area contributed by atoms with E-state index in [2.05, 4.69) is 10.6 Å². The fourth-order valence-electron chi connectivity index (χ4n) is 1.72. The highest BCUT2D eigenvalue weighted by atomic mass is 19.4. The van der Waals surface area contributed by atoms with Crippen LogP contribution in [-0.4, -0.2) is 23.4 Å². The average Bonchev–Trinajstić information content (AvgIpc) is 3.18. The number of carbonyl (C=O) groups excluding carboxylic acids is 1. The van der Waals surface area contributed by atoms with Gasteiger partial charge < -0.3 is 10.6 Å². The quantitative estimate of drug-likeness (QED) is 0.645. The second-order valence-electron chi connectivity index (χ2n) is 4.68. The minimum atomic E-state index is -4.84. The molecule has 1 aromatic rings. The fourth-order valence-corrected chi connectivity index (χ4v) is 1.72. The molecule has 114 valence electrons. The van der Waals surface area contributed by atoms with Crippen molar-refractivity contribution in [3.8, 4) is 0 Å². The minimum Gasteiger partial charge on any atom is -0.376 e. The number of alkyl halides is 3. The van der Waals surface area contributed by atoms with Crippen LogP contribution >= 0.6 is 0 Å². The molecule has 0 radical (unpaired) electrons. The lowest BCUT2D eigenvalue weighted by atomic mass is 10.1. The summed E-state index contributed by atoms with van der Waals surface area (Å²) in [5.74, 6) is -0.329. The molecule has 0 spiro atoms. The predicted octanol–water partition coefficient (Wildman–Crippen LogP) is 2.30. The number of rotatable bonds is 5. The molecular weight excluding hydrogens is 291 g/mol. The third-order valence-corrected chi connectivity index (χ3v) is 2.89. The summed E-state index contributed by atoms with van der Waals surface area (Å²) in [7, 11) is 0. The van der Waals surface area contributed by atoms with Gasteiger partial charge in [0, 0.05) is 17.8 Å². The van der Waals surface area contributed by atoms with E-state index < -0.39 is 22.4 Å². The molecule has 0 aliphatic heterocycles. The number of nitrogens with one attached hydrogen (secondary N) is 2. The van der Waals surface area contributed by atoms with Crippen LogP contribution in [0.5, 0.6) is 0 Å². The normalized spacial score (nSPS) is 14.6. The van der Waals surface area contributed by atoms with Gasteiger partial charge in [0.25, 0.3) is 5.69 Å². The Balaban J connectivity index is 2.09. The summed E-state index contributed by atoms with van der Waals surface area (Å²) in [5, 5.41) is 15.8. The van der Waals surface area contributed by atoms with Gasteiger partial charge in [0.1, 0.15) is 5.56 Å². The van der Waals surface area contributed by atoms with E-state index in [1.54, 1.807) is 0 Å². The summed E-state index contributed by atoms with van der Waals surface area (Å²) in [6.07, 6.45) is -3.03. The smallest absolute Gasteiger partial charge is 0.376 e. The van der Waals surface area contributed by atoms with Crippen molar-refractivity contribution < 1.29 is 22.9 Å². The van der Waals surface area contributed by atoms with Crippen molar-refractivity contribution in [2.24, 2.45) is 0 Å². The lowest BCUT2D eigenvalue weighted by Crippen LogP contribution is -2.31. The molecule has 0 unspecified atom stereocenters. The zero-order valence-electron chi connectivity index (χ0n) is 10.7. The Hall–Kier alpha value is -2.32. The largest absolute Gasteiger partial charge is 0.423 e. The van der Waals surface area contributed by atoms with Crippen LogP contribution < -0.4 is 10.6 Å². The van der Waals surface area contributed by atoms with Crippen LogP contribution in [0.3, 0.4) is 0 Å². The van der Waals surface area contributed by atoms with Gasteiger partial charge in [-0.2, -0.15) is 13.2 Å². The summed E-state index contributed by atoms with van der Waals surface area (Å²) in [5.41, 5.74) is -2.37. The van der Waals surface area contributed by atoms with Gasteiger partial charge in [0.15, 0.2) is 0 Å². The Morgan fingerprint density at radius 2 is 2.05 bits per heavy atom. The molecule has 0 atom stereocenters. The summed E-state index contributed by atoms with van der Waals surface area (Å²) in [4.78, 5) is 20.9. The van der Waals surface area contributed by atoms with Crippen LogP contribution in [0.1, 0.15) is 18.4 Å². The molecule has 2 rings (SSSR count). The molecule has 1 aliphatic rings. The maximum atomic E-state index is 12.8. The number of carbonyl (C=O) groups is 1. The maximum absolute atomic E-state index is 12.8. The number of hydrogen-bond donors (Lipinski definition) is 2. The molecule has 21 heavy (non-hydrogen) atoms. The highest BCUT2D eigenvalue weighted by Crippen LogP contribution is 2.37. The molecule has 1 aliphatic carbocycles. The van der Waals surface area contributed by atoms with Crippen molar-refractivity contribution in [1.82, 2.24) is 5.32 Å². The Morgan fingerprint density at radius 1 is 1.38 bits per heavy atom. The predicted molar refractivity (Wildman–Crippen MR) is 67.8 cm³/mol. The van der Waals surface area contributed by atoms with Crippen molar-refractivity contribution in [2.45, 2.75) is 25.1 Å². The highest BCUT2D eigenvalue weighted by Gasteiger charge is 2.38. The third-order valence-electron chi connectivity index (χ3n) is 2.89. The molecule has 1 amide bonds. The molecule has 1 saturated carbocycles. The van der Waals surface area contributed by atoms with Crippen LogP contribution in [0.2, 0.25) is 0 Å². The zero-order chi connectivity index (χ0) is 15.6. The number of benzene rings is 1. The van der Waals surface area contributed by atoms with Crippen LogP contribution in [0.15, 0.2) is 18.2 Å². The van der Waals surface area contributed by atoms with Gasteiger partial charge in [-0.1, -0.05) is 0 Å². The first-order valence-electron chi connectivity index (χ1n) is 6.16. The number of nitro groups is 1. The number of anilines is 1. The Kier molecular flexibility index (Phi) is 4.01. The molecule has 0 bridgehead atoms. The van der Waals surface area contributed by atoms with Gasteiger partial charge in [0.2, 0.25) is 5.91 Å². The van der Waals surface area contributed by atoms with Gasteiger partial charge in [-0.3, -0.25) is 14.9 Å². The van der Waals surface area contributed by atoms with Crippen molar-refractivity contribution in [1.29, 1.82) is 0 Å². The van der Waals surface area contributed by atoms with Gasteiger partial charge in [-0.25, -0.2) is 0 Å². The van der Waals surface area contributed by atoms with E-state index in [0.29, 0.717) is 6.07 Å². The van der Waals surface area contributed by atoms with E-state index >= 15 is 0 Å². The lowest BCUT2D eigenvalue weighted by molar-refractivity contribution is -0.388. The first kappa shape index (κ1) is 15.1. The molecule has 1 aromatic carbocycles. The average molecular weight is 303 g/mol. The van der Waals surface area contributed by atoms with Crippen LogP contribution in [0, 0.1) is 10.1 Å². The van der Waals surface area contributed by atoms with Crippen molar-refractivity contribution in [3.05, 3.63) is 33.9 Å². The van der Waals surface area contributed by atoms with Crippen LogP contribution in [0.25, 0.3) is 0 Å². The lowest BCUT2D eigenvalue weighted by Gasteiger charge is -2.11. The molecular formula is C12H12F3N3O3. The molecule has 1 fully saturated rings. The number of amides is 1. The zero-order valence-corrected chi connectivity index (χ0v) is 10.7. The summed E-state index contributed by atoms with van der Waals surface area (Å²) < 4.78 is 38.3. The molecule has 2 N–H and O–H groups in total. The van der Waals surface area contributed by atoms with E-state index in [0.717, 1.165) is 25.0 Å². The van der Waals surface area contributed by atoms with E-state index in [-0.39, 0.29) is 24.2 Å². The number of nitro benzene ring substituents is 1. The molecule has 6 nitrogen and oxygen atoms in total. The van der Waals surface area contributed by atoms with E-state index in [1.807, 2.05) is 0 Å². The van der Waals surface area contributed by atoms with Crippen molar-refractivity contribution in [3.63, 3.8) is 0 Å². The Morgan fingerprint density at radius 3 is 2.57 bits per heavy atom. The third kappa shape index (κ3) is 4.07. The maximum Gasteiger partial charge on any atom is 0.423 e. The molecule has 0 heterocycles. The summed E-state index contributed by atoms with van der Waals surface area (Å²) >= 11 is 0. The monoisotopic (exact) mass is 303 g/mol. The second kappa shape index (κ2) is 5.58. The summed E-state index contributed by atoms with van der Waals surface area (Å²) in [6, 6.07) is 2.69. The number of nitrogens with zero attached hydrogens (tertiary/aromatic N) is 1. The number of halogens is 3. The van der Waals surface area contributed by atoms with Crippen molar-refractivity contribution in [2.75, 3.05) is 11.9 Å². The Labute approximate surface area is 117 Å². The minimum absolute atomic E-state index is 0.00104. The topological polar surface area (TPSA) is 84.3 Å². The van der Waals surface area contributed by atoms with Gasteiger partial charge in [0.05, 0.1) is 11.5 Å². The van der Waals surface area contributed by atoms with E-state index in [4.69, 9.17) is 0 Å². The summed E-state index contributed by atoms with van der Waals surface area (Å²) in [6.45, 7) is -0.189. The number of hydrogen-bond acceptors (Lipinski definition) is 4. The SMILES string of the molecule is O=C(CNc1ccc([N+](=O)[O-])c(C(F)(F)F)c1)NC1CC1. The van der Waals surface area contributed by atoms with Crippen LogP contribution in [-0.2, 0) is 11.0 Å². The first-order chi connectivity index (χ1) is 9.77. The van der Waals surface area contributed by atoms with Gasteiger partial charge in [-0.15, -0.1) is 0 Å². The van der Waals surface area contributed by atoms with E-state index in [1.165, 1.54) is 0 Å². The first-order valence-corrected chi connectivity index (χ1v) is 6.16. The second-order valence-corrected chi connectivity index (χ2v) is 4.68. The Bertz CT molecular complexity index is 571. The molecule has 9 heteroatoms. The molecule has 0 saturated heterocycles. The highest BCUT2D eigenvalue weighted by molar-refractivity contribution is 5.81. The van der Waals surface area contributed by atoms with E-state index in [9.17, 15) is 28.1 Å². The van der Waals surface area contributed by atoms with Gasteiger partial charge >= 0.3 is 6.18 Å². The molecule has 0 aromatic heterocycles. The fraction of sp³-hybridized carbons (Fsp3) is 0.417. The van der Waals surface area contributed by atoms with Crippen LogP contribution in [0.4, 0.5) is 24.5 Å². The van der Waals surface area contributed by atoms with Gasteiger partial charge in [-0.05, 0) is 25.0 Å².